The molecular formula is C14H18N2S. The molecule has 0 atom stereocenters. The van der Waals surface area contributed by atoms with Gasteiger partial charge < -0.3 is 5.73 Å². The Morgan fingerprint density at radius 3 is 2.24 bits per heavy atom. The standard InChI is InChI=1S/C14H18N2S/c1-10(11-3-2-4-11)12-5-7-13(8-6-12)14(15)9-17-16/h5-9H,2-4,15-16H2,1H3/b14-9-. The molecule has 1 fully saturated rings. The molecule has 0 unspecified atom stereocenters. The molecule has 4 N–H and O–H groups in total. The van der Waals surface area contributed by atoms with E-state index in [2.05, 4.69) is 31.2 Å². The average molecular weight is 246 g/mol. The van der Waals surface area contributed by atoms with Crippen molar-refractivity contribution in [3.05, 3.63) is 46.4 Å². The average Bonchev–Trinajstić information content (AvgIpc) is 2.27. The highest BCUT2D eigenvalue weighted by Gasteiger charge is 2.12. The van der Waals surface area contributed by atoms with Crippen molar-refractivity contribution in [1.82, 2.24) is 0 Å². The van der Waals surface area contributed by atoms with Gasteiger partial charge in [-0.25, -0.2) is 0 Å². The predicted octanol–water partition coefficient (Wildman–Crippen LogP) is 3.51. The van der Waals surface area contributed by atoms with E-state index in [4.69, 9.17) is 10.9 Å². The minimum atomic E-state index is 0.720. The molecule has 2 rings (SSSR count). The Bertz CT molecular complexity index is 452. The fraction of sp³-hybridized carbons (Fsp3) is 0.286. The molecule has 1 aliphatic carbocycles. The van der Waals surface area contributed by atoms with Gasteiger partial charge in [-0.05, 0) is 42.9 Å². The number of hydrogen-bond donors (Lipinski definition) is 2. The lowest BCUT2D eigenvalue weighted by atomic mass is 9.86. The number of nitrogens with two attached hydrogens (primary N) is 2. The number of benzene rings is 1. The molecule has 1 aromatic rings. The van der Waals surface area contributed by atoms with Crippen molar-refractivity contribution in [2.45, 2.75) is 26.2 Å². The van der Waals surface area contributed by atoms with Crippen molar-refractivity contribution < 1.29 is 0 Å². The molecular weight excluding hydrogens is 228 g/mol. The first-order valence-electron chi connectivity index (χ1n) is 5.83. The van der Waals surface area contributed by atoms with E-state index in [-0.39, 0.29) is 0 Å². The fourth-order valence-corrected chi connectivity index (χ4v) is 2.27. The Kier molecular flexibility index (Phi) is 3.92. The van der Waals surface area contributed by atoms with Crippen LogP contribution in [0.25, 0.3) is 11.3 Å². The minimum absolute atomic E-state index is 0.720. The Hall–Kier alpha value is -1.19. The summed E-state index contributed by atoms with van der Waals surface area (Å²) in [5, 5.41) is 7.12. The summed E-state index contributed by atoms with van der Waals surface area (Å²) < 4.78 is 0. The van der Waals surface area contributed by atoms with Crippen molar-refractivity contribution in [3.63, 3.8) is 0 Å². The first-order valence-corrected chi connectivity index (χ1v) is 6.77. The largest absolute Gasteiger partial charge is 0.398 e. The second-order valence-electron chi connectivity index (χ2n) is 4.37. The van der Waals surface area contributed by atoms with Crippen molar-refractivity contribution in [2.24, 2.45) is 10.9 Å². The van der Waals surface area contributed by atoms with Gasteiger partial charge >= 0.3 is 0 Å². The van der Waals surface area contributed by atoms with Crippen LogP contribution in [0.15, 0.2) is 35.2 Å². The van der Waals surface area contributed by atoms with Gasteiger partial charge in [0.05, 0.1) is 0 Å². The molecule has 2 nitrogen and oxygen atoms in total. The van der Waals surface area contributed by atoms with Gasteiger partial charge in [0.15, 0.2) is 0 Å². The van der Waals surface area contributed by atoms with Gasteiger partial charge in [-0.1, -0.05) is 41.8 Å². The van der Waals surface area contributed by atoms with E-state index in [0.717, 1.165) is 23.2 Å². The summed E-state index contributed by atoms with van der Waals surface area (Å²) in [4.78, 5) is 0. The van der Waals surface area contributed by atoms with Crippen LogP contribution in [0.1, 0.15) is 37.3 Å². The van der Waals surface area contributed by atoms with Crippen molar-refractivity contribution in [1.29, 1.82) is 0 Å². The number of rotatable bonds is 3. The number of allylic oxidation sites excluding steroid dienone is 2. The van der Waals surface area contributed by atoms with Gasteiger partial charge in [0.25, 0.3) is 0 Å². The summed E-state index contributed by atoms with van der Waals surface area (Å²) >= 11 is 1.14. The van der Waals surface area contributed by atoms with Gasteiger partial charge in [-0.15, -0.1) is 0 Å². The van der Waals surface area contributed by atoms with E-state index in [1.807, 2.05) is 0 Å². The molecule has 0 spiro atoms. The molecule has 3 heteroatoms. The molecule has 90 valence electrons. The lowest BCUT2D eigenvalue weighted by Crippen LogP contribution is -2.00. The van der Waals surface area contributed by atoms with E-state index >= 15 is 0 Å². The third kappa shape index (κ3) is 2.73. The third-order valence-corrected chi connectivity index (χ3v) is 3.72. The zero-order chi connectivity index (χ0) is 12.3. The molecule has 0 radical (unpaired) electrons. The molecule has 0 aromatic heterocycles. The first-order chi connectivity index (χ1) is 8.22. The fourth-order valence-electron chi connectivity index (χ4n) is 1.99. The molecule has 1 aliphatic rings. The second-order valence-corrected chi connectivity index (χ2v) is 4.88. The highest BCUT2D eigenvalue weighted by atomic mass is 32.2. The Labute approximate surface area is 107 Å². The normalized spacial score (nSPS) is 15.6. The van der Waals surface area contributed by atoms with Crippen LogP contribution in [0, 0.1) is 0 Å². The van der Waals surface area contributed by atoms with Crippen molar-refractivity contribution >= 4 is 23.2 Å². The maximum Gasteiger partial charge on any atom is 0.0464 e. The van der Waals surface area contributed by atoms with Crippen LogP contribution in [-0.4, -0.2) is 0 Å². The van der Waals surface area contributed by atoms with Crippen molar-refractivity contribution in [3.8, 4) is 0 Å². The quantitative estimate of drug-likeness (QED) is 0.802. The lowest BCUT2D eigenvalue weighted by Gasteiger charge is -2.20. The highest BCUT2D eigenvalue weighted by molar-refractivity contribution is 8.00. The SMILES string of the molecule is CC(=C1CCC1)c1ccc(/C(N)=C/SN)cc1. The van der Waals surface area contributed by atoms with Crippen LogP contribution in [0.2, 0.25) is 0 Å². The Morgan fingerprint density at radius 1 is 1.18 bits per heavy atom. The van der Waals surface area contributed by atoms with E-state index in [0.29, 0.717) is 0 Å². The molecule has 1 aromatic carbocycles. The molecule has 1 saturated carbocycles. The maximum atomic E-state index is 5.88. The van der Waals surface area contributed by atoms with Gasteiger partial charge in [-0.2, -0.15) is 0 Å². The van der Waals surface area contributed by atoms with Crippen LogP contribution in [0.4, 0.5) is 0 Å². The third-order valence-electron chi connectivity index (χ3n) is 3.33. The summed E-state index contributed by atoms with van der Waals surface area (Å²) in [5.74, 6) is 0. The second kappa shape index (κ2) is 5.43. The van der Waals surface area contributed by atoms with E-state index in [1.165, 1.54) is 30.4 Å². The number of hydrogen-bond acceptors (Lipinski definition) is 3. The summed E-state index contributed by atoms with van der Waals surface area (Å²) in [6.07, 6.45) is 3.87. The smallest absolute Gasteiger partial charge is 0.0464 e. The molecule has 0 heterocycles. The molecule has 0 saturated heterocycles. The zero-order valence-electron chi connectivity index (χ0n) is 10.1. The summed E-state index contributed by atoms with van der Waals surface area (Å²) in [5.41, 5.74) is 12.0. The predicted molar refractivity (Wildman–Crippen MR) is 76.8 cm³/mol. The zero-order valence-corrected chi connectivity index (χ0v) is 10.9. The monoisotopic (exact) mass is 246 g/mol. The minimum Gasteiger partial charge on any atom is -0.398 e. The van der Waals surface area contributed by atoms with Crippen molar-refractivity contribution in [2.75, 3.05) is 0 Å². The molecule has 0 amide bonds. The van der Waals surface area contributed by atoms with Gasteiger partial charge in [0.2, 0.25) is 0 Å². The van der Waals surface area contributed by atoms with Crippen LogP contribution >= 0.6 is 11.9 Å². The lowest BCUT2D eigenvalue weighted by molar-refractivity contribution is 0.665. The van der Waals surface area contributed by atoms with Crippen LogP contribution in [0.5, 0.6) is 0 Å². The molecule has 0 bridgehead atoms. The highest BCUT2D eigenvalue weighted by Crippen LogP contribution is 2.33. The summed E-state index contributed by atoms with van der Waals surface area (Å²) in [6.45, 7) is 2.21. The van der Waals surface area contributed by atoms with Gasteiger partial charge in [0.1, 0.15) is 0 Å². The topological polar surface area (TPSA) is 52.0 Å². The summed E-state index contributed by atoms with van der Waals surface area (Å²) in [6, 6.07) is 8.38. The van der Waals surface area contributed by atoms with Crippen LogP contribution < -0.4 is 10.9 Å². The first kappa shape index (κ1) is 12.3. The Morgan fingerprint density at radius 2 is 1.76 bits per heavy atom. The summed E-state index contributed by atoms with van der Waals surface area (Å²) in [7, 11) is 0. The van der Waals surface area contributed by atoms with Gasteiger partial charge in [0, 0.05) is 11.1 Å². The molecule has 0 aliphatic heterocycles. The Balaban J connectivity index is 2.21. The molecule has 17 heavy (non-hydrogen) atoms. The van der Waals surface area contributed by atoms with Crippen LogP contribution in [-0.2, 0) is 0 Å². The van der Waals surface area contributed by atoms with Crippen LogP contribution in [0.3, 0.4) is 0 Å². The maximum absolute atomic E-state index is 5.88. The van der Waals surface area contributed by atoms with E-state index < -0.39 is 0 Å². The van der Waals surface area contributed by atoms with E-state index in [1.54, 1.807) is 11.0 Å². The van der Waals surface area contributed by atoms with Gasteiger partial charge in [-0.3, -0.25) is 5.14 Å². The van der Waals surface area contributed by atoms with E-state index in [9.17, 15) is 0 Å².